The molecular weight excluding hydrogens is 408 g/mol. The highest BCUT2D eigenvalue weighted by molar-refractivity contribution is 5.90. The van der Waals surface area contributed by atoms with Gasteiger partial charge in [0.1, 0.15) is 0 Å². The predicted molar refractivity (Wildman–Crippen MR) is 152 cm³/mol. The first-order valence-electron chi connectivity index (χ1n) is 12.6. The van der Waals surface area contributed by atoms with E-state index in [1.807, 2.05) is 6.08 Å². The van der Waals surface area contributed by atoms with Crippen LogP contribution in [0.1, 0.15) is 89.6 Å². The van der Waals surface area contributed by atoms with E-state index < -0.39 is 0 Å². The van der Waals surface area contributed by atoms with Gasteiger partial charge in [-0.2, -0.15) is 0 Å². The van der Waals surface area contributed by atoms with Crippen LogP contribution in [-0.2, 0) is 17.3 Å². The quantitative estimate of drug-likeness (QED) is 0.351. The molecule has 0 nitrogen and oxygen atoms in total. The van der Waals surface area contributed by atoms with Gasteiger partial charge in [0.05, 0.1) is 0 Å². The number of fused-ring (bicyclic) bond motifs is 1. The zero-order valence-corrected chi connectivity index (χ0v) is 22.5. The minimum atomic E-state index is -0.0234. The lowest BCUT2D eigenvalue weighted by Crippen LogP contribution is -2.18. The molecule has 2 aromatic carbocycles. The Morgan fingerprint density at radius 3 is 2.38 bits per heavy atom. The maximum atomic E-state index is 4.15. The van der Waals surface area contributed by atoms with Crippen LogP contribution >= 0.6 is 0 Å². The zero-order chi connectivity index (χ0) is 25.1. The van der Waals surface area contributed by atoms with Crippen LogP contribution < -0.4 is 0 Å². The fourth-order valence-corrected chi connectivity index (χ4v) is 5.15. The minimum Gasteiger partial charge on any atom is -0.0987 e. The van der Waals surface area contributed by atoms with Crippen molar-refractivity contribution in [3.8, 4) is 0 Å². The van der Waals surface area contributed by atoms with E-state index in [1.54, 1.807) is 0 Å². The highest BCUT2D eigenvalue weighted by Gasteiger charge is 2.34. The summed E-state index contributed by atoms with van der Waals surface area (Å²) in [6.07, 6.45) is 13.0. The highest BCUT2D eigenvalue weighted by Crippen LogP contribution is 2.47. The van der Waals surface area contributed by atoms with Crippen LogP contribution in [0, 0.1) is 0 Å². The molecule has 0 amide bonds. The van der Waals surface area contributed by atoms with Crippen molar-refractivity contribution in [1.29, 1.82) is 0 Å². The van der Waals surface area contributed by atoms with E-state index in [-0.39, 0.29) is 10.8 Å². The van der Waals surface area contributed by atoms with E-state index in [0.29, 0.717) is 0 Å². The highest BCUT2D eigenvalue weighted by atomic mass is 14.4. The molecule has 0 aliphatic heterocycles. The lowest BCUT2D eigenvalue weighted by atomic mass is 9.78. The molecule has 0 radical (unpaired) electrons. The summed E-state index contributed by atoms with van der Waals surface area (Å²) < 4.78 is 0. The van der Waals surface area contributed by atoms with Crippen molar-refractivity contribution in [2.45, 2.75) is 79.1 Å². The van der Waals surface area contributed by atoms with E-state index in [1.165, 1.54) is 50.1 Å². The van der Waals surface area contributed by atoms with Gasteiger partial charge in [0, 0.05) is 5.41 Å². The summed E-state index contributed by atoms with van der Waals surface area (Å²) in [4.78, 5) is 0. The molecule has 0 saturated heterocycles. The molecule has 0 bridgehead atoms. The Morgan fingerprint density at radius 1 is 1.03 bits per heavy atom. The first kappa shape index (κ1) is 25.8. The number of hydrogen-bond donors (Lipinski definition) is 0. The molecular formula is C34H42. The van der Waals surface area contributed by atoms with Crippen LogP contribution in [0.3, 0.4) is 0 Å². The molecule has 0 fully saturated rings. The zero-order valence-electron chi connectivity index (χ0n) is 22.5. The molecule has 2 aromatic rings. The molecule has 34 heavy (non-hydrogen) atoms. The Kier molecular flexibility index (Phi) is 7.71. The molecule has 178 valence electrons. The summed E-state index contributed by atoms with van der Waals surface area (Å²) in [6, 6.07) is 15.8. The summed E-state index contributed by atoms with van der Waals surface area (Å²) in [7, 11) is 0. The molecule has 0 heteroatoms. The summed E-state index contributed by atoms with van der Waals surface area (Å²) in [5, 5.41) is 0. The largest absolute Gasteiger partial charge is 0.0987 e. The summed E-state index contributed by atoms with van der Waals surface area (Å²) >= 11 is 0. The maximum absolute atomic E-state index is 4.15. The normalized spacial score (nSPS) is 16.4. The number of rotatable bonds is 8. The maximum Gasteiger partial charge on any atom is 0.0158 e. The van der Waals surface area contributed by atoms with Gasteiger partial charge in [0.15, 0.2) is 0 Å². The van der Waals surface area contributed by atoms with E-state index in [0.717, 1.165) is 12.8 Å². The van der Waals surface area contributed by atoms with E-state index in [2.05, 4.69) is 129 Å². The third kappa shape index (κ3) is 4.97. The van der Waals surface area contributed by atoms with Crippen LogP contribution in [0.5, 0.6) is 0 Å². The van der Waals surface area contributed by atoms with Gasteiger partial charge in [-0.1, -0.05) is 125 Å². The van der Waals surface area contributed by atoms with Crippen LogP contribution in [0.4, 0.5) is 0 Å². The van der Waals surface area contributed by atoms with Gasteiger partial charge in [-0.15, -0.1) is 0 Å². The number of allylic oxidation sites excluding steroid dienone is 8. The fraction of sp³-hybridized carbons (Fsp3) is 0.353. The Morgan fingerprint density at radius 2 is 1.74 bits per heavy atom. The fourth-order valence-electron chi connectivity index (χ4n) is 5.15. The molecule has 0 spiro atoms. The molecule has 0 aromatic heterocycles. The van der Waals surface area contributed by atoms with E-state index >= 15 is 0 Å². The standard InChI is InChI=1S/C34H42/c1-10-15-24(4)25(5)22-27-23-26(19-21-31(27)33(6,7)12-3)18-20-29-28-16-13-14-17-32(28)34(8,9)30(29)11-2/h10-11,13-21,23H,2,12,22H2,1,3-9H3/b15-10-,20-18-,25-24+. The molecule has 0 N–H and O–H groups in total. The minimum absolute atomic E-state index is 0.0234. The smallest absolute Gasteiger partial charge is 0.0158 e. The molecule has 0 unspecified atom stereocenters. The van der Waals surface area contributed by atoms with Crippen molar-refractivity contribution in [1.82, 2.24) is 0 Å². The van der Waals surface area contributed by atoms with Gasteiger partial charge < -0.3 is 0 Å². The van der Waals surface area contributed by atoms with Crippen LogP contribution in [0.2, 0.25) is 0 Å². The van der Waals surface area contributed by atoms with Gasteiger partial charge in [-0.25, -0.2) is 0 Å². The third-order valence-corrected chi connectivity index (χ3v) is 7.79. The average molecular weight is 451 g/mol. The molecule has 0 saturated carbocycles. The van der Waals surface area contributed by atoms with Gasteiger partial charge in [-0.3, -0.25) is 0 Å². The molecule has 1 aliphatic rings. The summed E-state index contributed by atoms with van der Waals surface area (Å²) in [5.41, 5.74) is 12.3. The van der Waals surface area contributed by atoms with Gasteiger partial charge in [0.25, 0.3) is 0 Å². The SMILES string of the molecule is C=CC1=C(/C=C\c2ccc(C(C)(C)CC)c(C/C(C)=C(C)/C=C\C)c2)c2ccccc2C1(C)C. The number of hydrogen-bond acceptors (Lipinski definition) is 0. The topological polar surface area (TPSA) is 0 Å². The van der Waals surface area contributed by atoms with Gasteiger partial charge >= 0.3 is 0 Å². The Bertz CT molecular complexity index is 1190. The first-order chi connectivity index (χ1) is 16.1. The number of benzene rings is 2. The van der Waals surface area contributed by atoms with Crippen molar-refractivity contribution >= 4 is 11.6 Å². The molecule has 3 rings (SSSR count). The Hall–Kier alpha value is -2.86. The lowest BCUT2D eigenvalue weighted by molar-refractivity contribution is 0.502. The van der Waals surface area contributed by atoms with Crippen molar-refractivity contribution in [3.63, 3.8) is 0 Å². The summed E-state index contributed by atoms with van der Waals surface area (Å²) in [5.74, 6) is 0. The van der Waals surface area contributed by atoms with Crippen LogP contribution in [0.25, 0.3) is 11.6 Å². The molecule has 0 atom stereocenters. The van der Waals surface area contributed by atoms with E-state index in [9.17, 15) is 0 Å². The predicted octanol–water partition coefficient (Wildman–Crippen LogP) is 9.77. The summed E-state index contributed by atoms with van der Waals surface area (Å²) in [6.45, 7) is 22.3. The second-order valence-electron chi connectivity index (χ2n) is 10.8. The first-order valence-corrected chi connectivity index (χ1v) is 12.6. The second kappa shape index (κ2) is 10.2. The van der Waals surface area contributed by atoms with E-state index in [4.69, 9.17) is 0 Å². The molecule has 0 heterocycles. The van der Waals surface area contributed by atoms with Gasteiger partial charge in [0.2, 0.25) is 0 Å². The molecule has 1 aliphatic carbocycles. The van der Waals surface area contributed by atoms with Crippen molar-refractivity contribution in [2.24, 2.45) is 0 Å². The van der Waals surface area contributed by atoms with Gasteiger partial charge in [-0.05, 0) is 78.0 Å². The lowest BCUT2D eigenvalue weighted by Gasteiger charge is -2.27. The monoisotopic (exact) mass is 450 g/mol. The Labute approximate surface area is 208 Å². The van der Waals surface area contributed by atoms with Crippen LogP contribution in [0.15, 0.2) is 90.1 Å². The average Bonchev–Trinajstić information content (AvgIpc) is 3.03. The van der Waals surface area contributed by atoms with Crippen LogP contribution in [-0.4, -0.2) is 0 Å². The second-order valence-corrected chi connectivity index (χ2v) is 10.8. The van der Waals surface area contributed by atoms with Crippen molar-refractivity contribution in [2.75, 3.05) is 0 Å². The van der Waals surface area contributed by atoms with Crippen molar-refractivity contribution < 1.29 is 0 Å². The third-order valence-electron chi connectivity index (χ3n) is 7.79. The van der Waals surface area contributed by atoms with Crippen molar-refractivity contribution in [3.05, 3.63) is 118 Å². The Balaban J connectivity index is 2.08.